The molecule has 3 rings (SSSR count). The van der Waals surface area contributed by atoms with Gasteiger partial charge in [0, 0.05) is 36.6 Å². The molecule has 2 aromatic rings. The quantitative estimate of drug-likeness (QED) is 0.922. The van der Waals surface area contributed by atoms with Gasteiger partial charge in [-0.25, -0.2) is 9.07 Å². The molecule has 0 radical (unpaired) electrons. The number of carbonyl (C=O) groups excluding carboxylic acids is 1. The molecular formula is C16H19FN4O. The van der Waals surface area contributed by atoms with Crippen molar-refractivity contribution in [1.82, 2.24) is 14.7 Å². The zero-order valence-corrected chi connectivity index (χ0v) is 12.4. The Labute approximate surface area is 128 Å². The van der Waals surface area contributed by atoms with Gasteiger partial charge >= 0.3 is 0 Å². The van der Waals surface area contributed by atoms with Crippen LogP contribution in [0.15, 0.2) is 36.7 Å². The van der Waals surface area contributed by atoms with Crippen molar-refractivity contribution in [3.05, 3.63) is 48.0 Å². The van der Waals surface area contributed by atoms with E-state index < -0.39 is 5.82 Å². The Morgan fingerprint density at radius 3 is 2.91 bits per heavy atom. The maximum absolute atomic E-state index is 14.2. The minimum atomic E-state index is -0.462. The minimum Gasteiger partial charge on any atom is -0.336 e. The average Bonchev–Trinajstić information content (AvgIpc) is 3.00. The fourth-order valence-electron chi connectivity index (χ4n) is 2.91. The van der Waals surface area contributed by atoms with E-state index >= 15 is 0 Å². The van der Waals surface area contributed by atoms with Gasteiger partial charge in [-0.2, -0.15) is 5.10 Å². The summed E-state index contributed by atoms with van der Waals surface area (Å²) < 4.78 is 15.7. The van der Waals surface area contributed by atoms with Gasteiger partial charge in [-0.1, -0.05) is 0 Å². The molecule has 1 fully saturated rings. The van der Waals surface area contributed by atoms with Crippen LogP contribution >= 0.6 is 0 Å². The molecule has 0 spiro atoms. The van der Waals surface area contributed by atoms with Crippen molar-refractivity contribution in [2.24, 2.45) is 5.73 Å². The summed E-state index contributed by atoms with van der Waals surface area (Å²) in [6.07, 6.45) is 4.80. The van der Waals surface area contributed by atoms with E-state index in [-0.39, 0.29) is 18.0 Å². The molecule has 1 aromatic carbocycles. The topological polar surface area (TPSA) is 64.2 Å². The van der Waals surface area contributed by atoms with Crippen molar-refractivity contribution in [3.63, 3.8) is 0 Å². The lowest BCUT2D eigenvalue weighted by molar-refractivity contribution is 0.0618. The molecule has 2 heterocycles. The molecule has 0 aliphatic carbocycles. The third kappa shape index (κ3) is 2.74. The molecule has 6 heteroatoms. The summed E-state index contributed by atoms with van der Waals surface area (Å²) in [5.74, 6) is -0.610. The Morgan fingerprint density at radius 2 is 2.27 bits per heavy atom. The summed E-state index contributed by atoms with van der Waals surface area (Å²) in [5, 5.41) is 4.00. The van der Waals surface area contributed by atoms with E-state index in [4.69, 9.17) is 5.73 Å². The molecule has 1 aliphatic rings. The van der Waals surface area contributed by atoms with Crippen molar-refractivity contribution in [3.8, 4) is 5.69 Å². The Balaban J connectivity index is 1.83. The molecule has 1 amide bonds. The number of nitrogens with two attached hydrogens (primary N) is 1. The standard InChI is InChI=1S/C16H19FN4O/c1-11-9-13(18)5-8-20(11)16(22)12-3-4-15(14(17)10-12)21-7-2-6-19-21/h2-4,6-7,10-11,13H,5,8-9,18H2,1H3/t11-,13+/m0/s1. The minimum absolute atomic E-state index is 0.0742. The summed E-state index contributed by atoms with van der Waals surface area (Å²) >= 11 is 0. The van der Waals surface area contributed by atoms with E-state index in [2.05, 4.69) is 5.10 Å². The van der Waals surface area contributed by atoms with Crippen LogP contribution in [-0.2, 0) is 0 Å². The van der Waals surface area contributed by atoms with Crippen LogP contribution < -0.4 is 5.73 Å². The number of piperidine rings is 1. The number of carbonyl (C=O) groups is 1. The highest BCUT2D eigenvalue weighted by molar-refractivity contribution is 5.94. The van der Waals surface area contributed by atoms with E-state index in [1.165, 1.54) is 10.7 Å². The van der Waals surface area contributed by atoms with Crippen LogP contribution in [0.3, 0.4) is 0 Å². The lowest BCUT2D eigenvalue weighted by atomic mass is 9.98. The Kier molecular flexibility index (Phi) is 3.94. The van der Waals surface area contributed by atoms with Gasteiger partial charge in [0.05, 0.1) is 0 Å². The molecule has 2 N–H and O–H groups in total. The second-order valence-electron chi connectivity index (χ2n) is 5.75. The molecule has 1 aromatic heterocycles. The fourth-order valence-corrected chi connectivity index (χ4v) is 2.91. The summed E-state index contributed by atoms with van der Waals surface area (Å²) in [7, 11) is 0. The van der Waals surface area contributed by atoms with Crippen LogP contribution in [0.2, 0.25) is 0 Å². The first kappa shape index (κ1) is 14.7. The number of hydrogen-bond acceptors (Lipinski definition) is 3. The number of likely N-dealkylation sites (tertiary alicyclic amines) is 1. The van der Waals surface area contributed by atoms with Gasteiger partial charge in [0.2, 0.25) is 0 Å². The Hall–Kier alpha value is -2.21. The van der Waals surface area contributed by atoms with E-state index in [1.807, 2.05) is 6.92 Å². The van der Waals surface area contributed by atoms with Crippen LogP contribution in [0.5, 0.6) is 0 Å². The van der Waals surface area contributed by atoms with E-state index in [0.717, 1.165) is 12.8 Å². The Morgan fingerprint density at radius 1 is 1.45 bits per heavy atom. The van der Waals surface area contributed by atoms with Gasteiger partial charge in [0.25, 0.3) is 5.91 Å². The molecule has 0 saturated carbocycles. The number of aromatic nitrogens is 2. The first-order chi connectivity index (χ1) is 10.6. The molecule has 0 bridgehead atoms. The van der Waals surface area contributed by atoms with Gasteiger partial charge in [-0.05, 0) is 44.0 Å². The smallest absolute Gasteiger partial charge is 0.254 e. The molecule has 1 aliphatic heterocycles. The summed E-state index contributed by atoms with van der Waals surface area (Å²) in [6.45, 7) is 2.59. The highest BCUT2D eigenvalue weighted by Gasteiger charge is 2.28. The zero-order valence-electron chi connectivity index (χ0n) is 12.4. The van der Waals surface area contributed by atoms with Crippen molar-refractivity contribution in [2.75, 3.05) is 6.54 Å². The van der Waals surface area contributed by atoms with Gasteiger partial charge < -0.3 is 10.6 Å². The van der Waals surface area contributed by atoms with Gasteiger partial charge in [-0.15, -0.1) is 0 Å². The fraction of sp³-hybridized carbons (Fsp3) is 0.375. The number of nitrogens with zero attached hydrogens (tertiary/aromatic N) is 3. The first-order valence-electron chi connectivity index (χ1n) is 7.42. The number of hydrogen-bond donors (Lipinski definition) is 1. The van der Waals surface area contributed by atoms with Crippen molar-refractivity contribution < 1.29 is 9.18 Å². The number of halogens is 1. The van der Waals surface area contributed by atoms with Crippen molar-refractivity contribution >= 4 is 5.91 Å². The molecule has 22 heavy (non-hydrogen) atoms. The molecule has 2 atom stereocenters. The second kappa shape index (κ2) is 5.88. The van der Waals surface area contributed by atoms with Crippen LogP contribution in [0.4, 0.5) is 4.39 Å². The van der Waals surface area contributed by atoms with E-state index in [1.54, 1.807) is 35.5 Å². The van der Waals surface area contributed by atoms with Crippen LogP contribution in [0.25, 0.3) is 5.69 Å². The lowest BCUT2D eigenvalue weighted by Crippen LogP contribution is -2.48. The van der Waals surface area contributed by atoms with Crippen LogP contribution in [0.1, 0.15) is 30.1 Å². The largest absolute Gasteiger partial charge is 0.336 e. The third-order valence-electron chi connectivity index (χ3n) is 4.12. The summed E-state index contributed by atoms with van der Waals surface area (Å²) in [5.41, 5.74) is 6.60. The number of benzene rings is 1. The van der Waals surface area contributed by atoms with E-state index in [0.29, 0.717) is 17.8 Å². The first-order valence-corrected chi connectivity index (χ1v) is 7.42. The SMILES string of the molecule is C[C@H]1C[C@H](N)CCN1C(=O)c1ccc(-n2cccn2)c(F)c1. The maximum Gasteiger partial charge on any atom is 0.254 e. The predicted molar refractivity (Wildman–Crippen MR) is 81.2 cm³/mol. The molecule has 1 saturated heterocycles. The third-order valence-corrected chi connectivity index (χ3v) is 4.12. The normalized spacial score (nSPS) is 21.9. The van der Waals surface area contributed by atoms with Crippen LogP contribution in [0, 0.1) is 5.82 Å². The van der Waals surface area contributed by atoms with Crippen molar-refractivity contribution in [2.45, 2.75) is 31.8 Å². The summed E-state index contributed by atoms with van der Waals surface area (Å²) in [4.78, 5) is 14.3. The van der Waals surface area contributed by atoms with Gasteiger partial charge in [-0.3, -0.25) is 4.79 Å². The molecule has 5 nitrogen and oxygen atoms in total. The molecular weight excluding hydrogens is 283 g/mol. The number of rotatable bonds is 2. The monoisotopic (exact) mass is 302 g/mol. The maximum atomic E-state index is 14.2. The highest BCUT2D eigenvalue weighted by atomic mass is 19.1. The predicted octanol–water partition coefficient (Wildman–Crippen LogP) is 1.96. The molecule has 116 valence electrons. The van der Waals surface area contributed by atoms with E-state index in [9.17, 15) is 9.18 Å². The highest BCUT2D eigenvalue weighted by Crippen LogP contribution is 2.21. The summed E-state index contributed by atoms with van der Waals surface area (Å²) in [6, 6.07) is 6.43. The molecule has 0 unspecified atom stereocenters. The lowest BCUT2D eigenvalue weighted by Gasteiger charge is -2.36. The van der Waals surface area contributed by atoms with Crippen molar-refractivity contribution in [1.29, 1.82) is 0 Å². The van der Waals surface area contributed by atoms with Crippen LogP contribution in [-0.4, -0.2) is 39.2 Å². The zero-order chi connectivity index (χ0) is 15.7. The average molecular weight is 302 g/mol. The number of amides is 1. The second-order valence-corrected chi connectivity index (χ2v) is 5.75. The Bertz CT molecular complexity index is 671. The van der Waals surface area contributed by atoms with Gasteiger partial charge in [0.15, 0.2) is 0 Å². The van der Waals surface area contributed by atoms with Gasteiger partial charge in [0.1, 0.15) is 11.5 Å².